The maximum Gasteiger partial charge on any atom is 0.163 e. The van der Waals surface area contributed by atoms with Gasteiger partial charge in [0.05, 0.1) is 30.3 Å². The molecule has 13 unspecified atom stereocenters. The number of aliphatic hydroxyl groups excluding tert-OH is 2. The molecule has 0 bridgehead atoms. The quantitative estimate of drug-likeness (QED) is 0.228. The number of Topliss-reactive ketones (excluding diaryl/α,β-unsaturated/α-hetero) is 2. The van der Waals surface area contributed by atoms with Crippen LogP contribution < -0.4 is 4.90 Å². The lowest BCUT2D eigenvalue weighted by Crippen LogP contribution is -3.11. The molecular formula is C52H71N2O6+. The van der Waals surface area contributed by atoms with Crippen molar-refractivity contribution < 1.29 is 34.2 Å². The predicted molar refractivity (Wildman–Crippen MR) is 232 cm³/mol. The Labute approximate surface area is 358 Å². The molecule has 324 valence electrons. The molecular weight excluding hydrogens is 749 g/mol. The van der Waals surface area contributed by atoms with E-state index in [9.17, 15) is 15.0 Å². The van der Waals surface area contributed by atoms with E-state index in [-0.39, 0.29) is 63.9 Å². The fourth-order valence-corrected chi connectivity index (χ4v) is 16.3. The highest BCUT2D eigenvalue weighted by atomic mass is 16.6. The maximum atomic E-state index is 15.3. The molecule has 60 heavy (non-hydrogen) atoms. The third kappa shape index (κ3) is 5.88. The number of ether oxygens (including phenoxy) is 2. The van der Waals surface area contributed by atoms with Crippen molar-refractivity contribution in [3.8, 4) is 0 Å². The SMILES string of the molecule is Cc1cc(CC2=C[NH+](CC3C4=C(C(C)CC(O)C5OC5(C)C)C(=O)C5CCCC6(CCC7C(C)(C)C(=O)CCC7(C)C6C3O)C45C)C3C=CN=C23)cc(C2CCOCC2)c1. The van der Waals surface area contributed by atoms with Gasteiger partial charge in [0, 0.05) is 54.6 Å². The van der Waals surface area contributed by atoms with Gasteiger partial charge < -0.3 is 19.7 Å². The molecule has 6 fully saturated rings. The van der Waals surface area contributed by atoms with Crippen LogP contribution in [0.1, 0.15) is 135 Å². The summed E-state index contributed by atoms with van der Waals surface area (Å²) in [4.78, 5) is 35.3. The minimum Gasteiger partial charge on any atom is -0.392 e. The van der Waals surface area contributed by atoms with Gasteiger partial charge in [-0.15, -0.1) is 0 Å². The van der Waals surface area contributed by atoms with E-state index in [1.165, 1.54) is 32.7 Å². The van der Waals surface area contributed by atoms with Crippen LogP contribution in [0.3, 0.4) is 0 Å². The van der Waals surface area contributed by atoms with Gasteiger partial charge in [-0.05, 0) is 135 Å². The molecule has 4 saturated carbocycles. The van der Waals surface area contributed by atoms with Crippen LogP contribution >= 0.6 is 0 Å². The zero-order valence-corrected chi connectivity index (χ0v) is 37.6. The van der Waals surface area contributed by atoms with Gasteiger partial charge in [-0.25, -0.2) is 0 Å². The van der Waals surface area contributed by atoms with Crippen LogP contribution in [-0.4, -0.2) is 77.2 Å². The molecule has 1 aromatic carbocycles. The average Bonchev–Trinajstić information content (AvgIpc) is 3.45. The molecule has 4 heterocycles. The average molecular weight is 820 g/mol. The molecule has 4 aliphatic heterocycles. The third-order valence-corrected chi connectivity index (χ3v) is 18.9. The summed E-state index contributed by atoms with van der Waals surface area (Å²) >= 11 is 0. The molecule has 9 aliphatic rings. The topological polar surface area (TPSA) is 113 Å². The summed E-state index contributed by atoms with van der Waals surface area (Å²) in [6.07, 6.45) is 14.5. The Bertz CT molecular complexity index is 2110. The van der Waals surface area contributed by atoms with Crippen molar-refractivity contribution in [3.05, 3.63) is 70.1 Å². The molecule has 3 N–H and O–H groups in total. The monoisotopic (exact) mass is 820 g/mol. The van der Waals surface area contributed by atoms with Crippen LogP contribution in [0.5, 0.6) is 0 Å². The molecule has 0 radical (unpaired) electrons. The number of carbonyl (C=O) groups is 2. The number of ketones is 2. The van der Waals surface area contributed by atoms with E-state index >= 15 is 4.79 Å². The van der Waals surface area contributed by atoms with E-state index in [0.29, 0.717) is 31.1 Å². The molecule has 8 nitrogen and oxygen atoms in total. The Hall–Kier alpha value is -2.75. The van der Waals surface area contributed by atoms with E-state index in [4.69, 9.17) is 14.5 Å². The van der Waals surface area contributed by atoms with Gasteiger partial charge in [-0.2, -0.15) is 0 Å². The maximum absolute atomic E-state index is 15.3. The molecule has 13 atom stereocenters. The number of benzene rings is 1. The largest absolute Gasteiger partial charge is 0.392 e. The number of aliphatic hydroxyl groups is 2. The Kier molecular flexibility index (Phi) is 9.72. The molecule has 0 amide bonds. The number of rotatable bonds is 9. The first-order valence-corrected chi connectivity index (χ1v) is 23.8. The van der Waals surface area contributed by atoms with Gasteiger partial charge in [0.1, 0.15) is 23.8 Å². The summed E-state index contributed by atoms with van der Waals surface area (Å²) in [6.45, 7) is 19.9. The van der Waals surface area contributed by atoms with Crippen LogP contribution in [0.25, 0.3) is 0 Å². The Balaban J connectivity index is 1.07. The van der Waals surface area contributed by atoms with Crippen molar-refractivity contribution in [2.24, 2.45) is 56.2 Å². The number of nitrogens with one attached hydrogen (secondary N) is 1. The van der Waals surface area contributed by atoms with Gasteiger partial charge in [-0.1, -0.05) is 64.8 Å². The van der Waals surface area contributed by atoms with Crippen molar-refractivity contribution in [1.29, 1.82) is 0 Å². The first kappa shape index (κ1) is 41.3. The Morgan fingerprint density at radius 2 is 1.73 bits per heavy atom. The van der Waals surface area contributed by atoms with Crippen LogP contribution in [-0.2, 0) is 25.5 Å². The smallest absolute Gasteiger partial charge is 0.163 e. The highest BCUT2D eigenvalue weighted by molar-refractivity contribution is 6.07. The molecule has 1 spiro atoms. The minimum absolute atomic E-state index is 0.0278. The lowest BCUT2D eigenvalue weighted by molar-refractivity contribution is -0.856. The first-order chi connectivity index (χ1) is 28.4. The zero-order chi connectivity index (χ0) is 42.3. The van der Waals surface area contributed by atoms with Gasteiger partial charge in [0.25, 0.3) is 0 Å². The summed E-state index contributed by atoms with van der Waals surface area (Å²) in [6, 6.07) is 7.16. The fourth-order valence-electron chi connectivity index (χ4n) is 16.3. The molecule has 5 aliphatic carbocycles. The van der Waals surface area contributed by atoms with Crippen LogP contribution in [0.15, 0.2) is 58.4 Å². The second-order valence-electron chi connectivity index (χ2n) is 22.8. The van der Waals surface area contributed by atoms with Crippen molar-refractivity contribution in [2.45, 2.75) is 162 Å². The summed E-state index contributed by atoms with van der Waals surface area (Å²) in [7, 11) is 0. The number of hydrogen-bond acceptors (Lipinski definition) is 7. The van der Waals surface area contributed by atoms with Crippen LogP contribution in [0, 0.1) is 58.2 Å². The molecule has 0 aromatic heterocycles. The summed E-state index contributed by atoms with van der Waals surface area (Å²) < 4.78 is 11.6. The number of aryl methyl sites for hydroxylation is 1. The van der Waals surface area contributed by atoms with Crippen molar-refractivity contribution in [1.82, 2.24) is 0 Å². The number of fused-ring (bicyclic) bond motifs is 3. The second kappa shape index (κ2) is 14.1. The minimum atomic E-state index is -0.665. The number of nitrogens with zero attached hydrogens (tertiary/aromatic N) is 1. The van der Waals surface area contributed by atoms with Crippen molar-refractivity contribution in [3.63, 3.8) is 0 Å². The Morgan fingerprint density at radius 1 is 0.983 bits per heavy atom. The number of hydrogen-bond donors (Lipinski definition) is 3. The highest BCUT2D eigenvalue weighted by Crippen LogP contribution is 2.78. The third-order valence-electron chi connectivity index (χ3n) is 18.9. The van der Waals surface area contributed by atoms with E-state index in [0.717, 1.165) is 82.3 Å². The molecule has 10 rings (SSSR count). The molecule has 8 heteroatoms. The van der Waals surface area contributed by atoms with E-state index in [1.54, 1.807) is 0 Å². The number of allylic oxidation sites excluding steroid dienone is 1. The normalized spacial score (nSPS) is 42.2. The highest BCUT2D eigenvalue weighted by Gasteiger charge is 2.76. The lowest BCUT2D eigenvalue weighted by Gasteiger charge is -2.72. The molecule has 2 saturated heterocycles. The molecule has 1 aromatic rings. The lowest BCUT2D eigenvalue weighted by atomic mass is 9.31. The van der Waals surface area contributed by atoms with Crippen molar-refractivity contribution in [2.75, 3.05) is 19.8 Å². The van der Waals surface area contributed by atoms with Gasteiger partial charge in [-0.3, -0.25) is 19.5 Å². The zero-order valence-electron chi connectivity index (χ0n) is 37.6. The van der Waals surface area contributed by atoms with Gasteiger partial charge >= 0.3 is 0 Å². The fraction of sp³-hybridized carbons (Fsp3) is 0.712. The van der Waals surface area contributed by atoms with Gasteiger partial charge in [0.15, 0.2) is 11.8 Å². The van der Waals surface area contributed by atoms with E-state index < -0.39 is 23.0 Å². The Morgan fingerprint density at radius 3 is 2.47 bits per heavy atom. The number of quaternary nitrogens is 1. The summed E-state index contributed by atoms with van der Waals surface area (Å²) in [5.41, 5.74) is 6.81. The number of carbonyl (C=O) groups excluding carboxylic acids is 2. The van der Waals surface area contributed by atoms with Gasteiger partial charge in [0.2, 0.25) is 0 Å². The first-order valence-electron chi connectivity index (χ1n) is 23.8. The van der Waals surface area contributed by atoms with Crippen LogP contribution in [0.2, 0.25) is 0 Å². The second-order valence-corrected chi connectivity index (χ2v) is 22.8. The van der Waals surface area contributed by atoms with E-state index in [1.807, 2.05) is 20.0 Å². The van der Waals surface area contributed by atoms with E-state index in [2.05, 4.69) is 72.0 Å². The van der Waals surface area contributed by atoms with Crippen molar-refractivity contribution >= 4 is 17.3 Å². The predicted octanol–water partition coefficient (Wildman–Crippen LogP) is 7.20. The number of epoxide rings is 1. The standard InChI is InChI=1S/C52H70N2O6/c1-29-22-31(25-33(23-29)32-14-20-59-21-15-32)26-34-27-54(37-13-19-53-43(34)37)28-35-42-41(30(2)24-38(55)47-49(5,6)60-47)45(58)36-10-9-16-52(51(36,42)8)18-11-39-48(3,4)40(56)12-17-50(39,7)46(52)44(35)57/h13,19,22-23,25,27,30,32,35-39,44,46-47,55,57H,9-12,14-18,20-21,24,26,28H2,1-8H3/p+1. The van der Waals surface area contributed by atoms with Crippen LogP contribution in [0.4, 0.5) is 0 Å². The number of aliphatic imine (C=N–C) groups is 1. The summed E-state index contributed by atoms with van der Waals surface area (Å²) in [5.74, 6) is 0.758. The summed E-state index contributed by atoms with van der Waals surface area (Å²) in [5, 5.41) is 25.1.